The van der Waals surface area contributed by atoms with Crippen LogP contribution in [0.5, 0.6) is 5.75 Å². The Labute approximate surface area is 136 Å². The molecule has 0 aliphatic rings. The molecule has 21 heavy (non-hydrogen) atoms. The summed E-state index contributed by atoms with van der Waals surface area (Å²) in [5.74, 6) is 0.528. The van der Waals surface area contributed by atoms with Crippen molar-refractivity contribution < 1.29 is 9.53 Å². The Bertz CT molecular complexity index is 686. The molecule has 0 radical (unpaired) electrons. The fourth-order valence-corrected chi connectivity index (χ4v) is 2.46. The molecule has 1 amide bonds. The van der Waals surface area contributed by atoms with Gasteiger partial charge in [0.1, 0.15) is 5.75 Å². The highest BCUT2D eigenvalue weighted by Crippen LogP contribution is 2.26. The Balaban J connectivity index is 2.03. The van der Waals surface area contributed by atoms with E-state index in [9.17, 15) is 4.79 Å². The van der Waals surface area contributed by atoms with Crippen LogP contribution in [0.3, 0.4) is 0 Å². The molecule has 0 fully saturated rings. The molecule has 0 spiro atoms. The van der Waals surface area contributed by atoms with E-state index in [0.29, 0.717) is 10.7 Å². The number of anilines is 1. The molecule has 0 unspecified atom stereocenters. The monoisotopic (exact) mass is 365 g/mol. The van der Waals surface area contributed by atoms with Gasteiger partial charge in [0.25, 0.3) is 0 Å². The van der Waals surface area contributed by atoms with Gasteiger partial charge < -0.3 is 10.1 Å². The number of halogens is 2. The molecule has 108 valence electrons. The molecule has 0 aromatic heterocycles. The van der Waals surface area contributed by atoms with Crippen LogP contribution in [0, 0.1) is 0 Å². The first-order valence-corrected chi connectivity index (χ1v) is 7.34. The minimum Gasteiger partial charge on any atom is -0.496 e. The van der Waals surface area contributed by atoms with Gasteiger partial charge in [-0.15, -0.1) is 0 Å². The predicted molar refractivity (Wildman–Crippen MR) is 89.8 cm³/mol. The maximum Gasteiger partial charge on any atom is 0.248 e. The number of hydrogen-bond acceptors (Lipinski definition) is 2. The predicted octanol–water partition coefficient (Wildman–Crippen LogP) is 4.76. The number of methoxy groups -OCH3 is 1. The van der Waals surface area contributed by atoms with Gasteiger partial charge in [-0.2, -0.15) is 0 Å². The number of amides is 1. The van der Waals surface area contributed by atoms with E-state index in [1.807, 2.05) is 18.2 Å². The van der Waals surface area contributed by atoms with Crippen LogP contribution in [0.4, 0.5) is 5.69 Å². The molecular weight excluding hydrogens is 354 g/mol. The second kappa shape index (κ2) is 7.29. The molecule has 0 bridgehead atoms. The van der Waals surface area contributed by atoms with E-state index < -0.39 is 0 Å². The van der Waals surface area contributed by atoms with E-state index in [-0.39, 0.29) is 5.91 Å². The Morgan fingerprint density at radius 2 is 2.10 bits per heavy atom. The van der Waals surface area contributed by atoms with Crippen molar-refractivity contribution in [3.8, 4) is 5.75 Å². The largest absolute Gasteiger partial charge is 0.496 e. The molecule has 3 nitrogen and oxygen atoms in total. The number of ether oxygens (including phenoxy) is 1. The van der Waals surface area contributed by atoms with Crippen LogP contribution >= 0.6 is 27.5 Å². The van der Waals surface area contributed by atoms with Crippen molar-refractivity contribution >= 4 is 45.2 Å². The topological polar surface area (TPSA) is 38.3 Å². The third kappa shape index (κ3) is 4.62. The van der Waals surface area contributed by atoms with Gasteiger partial charge in [0.15, 0.2) is 0 Å². The average Bonchev–Trinajstić information content (AvgIpc) is 2.45. The summed E-state index contributed by atoms with van der Waals surface area (Å²) in [6.45, 7) is 0. The van der Waals surface area contributed by atoms with Crippen molar-refractivity contribution in [1.29, 1.82) is 0 Å². The summed E-state index contributed by atoms with van der Waals surface area (Å²) < 4.78 is 5.99. The summed E-state index contributed by atoms with van der Waals surface area (Å²) in [4.78, 5) is 11.8. The van der Waals surface area contributed by atoms with Gasteiger partial charge >= 0.3 is 0 Å². The average molecular weight is 367 g/mol. The van der Waals surface area contributed by atoms with Gasteiger partial charge in [-0.3, -0.25) is 4.79 Å². The van der Waals surface area contributed by atoms with E-state index in [2.05, 4.69) is 21.2 Å². The van der Waals surface area contributed by atoms with Crippen molar-refractivity contribution in [2.45, 2.75) is 0 Å². The summed E-state index contributed by atoms with van der Waals surface area (Å²) in [5, 5.41) is 3.32. The Hall–Kier alpha value is -1.78. The lowest BCUT2D eigenvalue weighted by molar-refractivity contribution is -0.111. The summed E-state index contributed by atoms with van der Waals surface area (Å²) in [6, 6.07) is 12.6. The number of benzene rings is 2. The second-order valence-corrected chi connectivity index (χ2v) is 5.52. The third-order valence-corrected chi connectivity index (χ3v) is 3.55. The molecule has 0 aliphatic carbocycles. The lowest BCUT2D eigenvalue weighted by Gasteiger charge is -2.04. The smallest absolute Gasteiger partial charge is 0.248 e. The number of nitrogens with one attached hydrogen (secondary N) is 1. The van der Waals surface area contributed by atoms with Crippen LogP contribution in [0.15, 0.2) is 53.0 Å². The molecule has 2 aromatic rings. The summed E-state index contributed by atoms with van der Waals surface area (Å²) >= 11 is 9.26. The van der Waals surface area contributed by atoms with Crippen molar-refractivity contribution in [2.75, 3.05) is 12.4 Å². The Morgan fingerprint density at radius 3 is 2.76 bits per heavy atom. The summed E-state index contributed by atoms with van der Waals surface area (Å²) in [7, 11) is 1.61. The first kappa shape index (κ1) is 15.6. The third-order valence-electron chi connectivity index (χ3n) is 2.70. The number of rotatable bonds is 4. The van der Waals surface area contributed by atoms with Crippen molar-refractivity contribution in [1.82, 2.24) is 0 Å². The zero-order valence-corrected chi connectivity index (χ0v) is 13.6. The molecule has 2 aromatic carbocycles. The number of carbonyl (C=O) groups excluding carboxylic acids is 1. The summed E-state index contributed by atoms with van der Waals surface area (Å²) in [6.07, 6.45) is 3.19. The van der Waals surface area contributed by atoms with E-state index in [1.54, 1.807) is 37.5 Å². The van der Waals surface area contributed by atoms with E-state index >= 15 is 0 Å². The van der Waals surface area contributed by atoms with Gasteiger partial charge in [-0.05, 0) is 57.9 Å². The molecule has 0 aliphatic heterocycles. The molecule has 0 atom stereocenters. The quantitative estimate of drug-likeness (QED) is 0.792. The summed E-state index contributed by atoms with van der Waals surface area (Å²) in [5.41, 5.74) is 1.55. The minimum atomic E-state index is -0.218. The van der Waals surface area contributed by atoms with Crippen molar-refractivity contribution in [2.24, 2.45) is 0 Å². The first-order valence-electron chi connectivity index (χ1n) is 6.16. The van der Waals surface area contributed by atoms with Crippen LogP contribution in [0.1, 0.15) is 5.56 Å². The van der Waals surface area contributed by atoms with Crippen LogP contribution in [-0.4, -0.2) is 13.0 Å². The molecule has 5 heteroatoms. The lowest BCUT2D eigenvalue weighted by Crippen LogP contribution is -2.07. The van der Waals surface area contributed by atoms with Gasteiger partial charge in [-0.1, -0.05) is 23.7 Å². The highest BCUT2D eigenvalue weighted by molar-refractivity contribution is 9.10. The van der Waals surface area contributed by atoms with Crippen molar-refractivity contribution in [3.63, 3.8) is 0 Å². The lowest BCUT2D eigenvalue weighted by atomic mass is 10.2. The van der Waals surface area contributed by atoms with Gasteiger partial charge in [0.05, 0.1) is 11.6 Å². The first-order chi connectivity index (χ1) is 10.1. The molecule has 0 saturated carbocycles. The Kier molecular flexibility index (Phi) is 5.42. The highest BCUT2D eigenvalue weighted by atomic mass is 79.9. The minimum absolute atomic E-state index is 0.218. The number of hydrogen-bond donors (Lipinski definition) is 1. The van der Waals surface area contributed by atoms with Crippen LogP contribution in [0.2, 0.25) is 5.02 Å². The fraction of sp³-hybridized carbons (Fsp3) is 0.0625. The van der Waals surface area contributed by atoms with Crippen molar-refractivity contribution in [3.05, 3.63) is 63.6 Å². The molecule has 1 N–H and O–H groups in total. The van der Waals surface area contributed by atoms with Gasteiger partial charge in [-0.25, -0.2) is 0 Å². The Morgan fingerprint density at radius 1 is 1.29 bits per heavy atom. The zero-order chi connectivity index (χ0) is 15.2. The maximum absolute atomic E-state index is 11.8. The van der Waals surface area contributed by atoms with Crippen LogP contribution in [-0.2, 0) is 4.79 Å². The normalized spacial score (nSPS) is 10.6. The van der Waals surface area contributed by atoms with Gasteiger partial charge in [0.2, 0.25) is 5.91 Å². The number of carbonyl (C=O) groups is 1. The fourth-order valence-electron chi connectivity index (χ4n) is 1.71. The molecule has 2 rings (SSSR count). The zero-order valence-electron chi connectivity index (χ0n) is 11.3. The van der Waals surface area contributed by atoms with Crippen LogP contribution in [0.25, 0.3) is 6.08 Å². The molecular formula is C16H13BrClNO2. The molecule has 0 saturated heterocycles. The van der Waals surface area contributed by atoms with E-state index in [1.165, 1.54) is 6.08 Å². The maximum atomic E-state index is 11.8. The molecule has 0 heterocycles. The SMILES string of the molecule is COc1ccc(C=CC(=O)Nc2cccc(Cl)c2)cc1Br. The highest BCUT2D eigenvalue weighted by Gasteiger charge is 2.01. The standard InChI is InChI=1S/C16H13BrClNO2/c1-21-15-7-5-11(9-14(15)17)6-8-16(20)19-13-4-2-3-12(18)10-13/h2-10H,1H3,(H,19,20). The van der Waals surface area contributed by atoms with E-state index in [4.69, 9.17) is 16.3 Å². The van der Waals surface area contributed by atoms with Crippen LogP contribution < -0.4 is 10.1 Å². The van der Waals surface area contributed by atoms with E-state index in [0.717, 1.165) is 15.8 Å². The van der Waals surface area contributed by atoms with Gasteiger partial charge in [0, 0.05) is 16.8 Å². The second-order valence-electron chi connectivity index (χ2n) is 4.23.